The molecule has 0 bridgehead atoms. The molecule has 1 aromatic heterocycles. The normalized spacial score (nSPS) is 10.7. The maximum atomic E-state index is 12.7. The molecule has 3 rings (SSSR count). The second-order valence-electron chi connectivity index (χ2n) is 6.44. The Labute approximate surface area is 154 Å². The van der Waals surface area contributed by atoms with Gasteiger partial charge < -0.3 is 10.2 Å². The summed E-state index contributed by atoms with van der Waals surface area (Å²) in [5, 5.41) is 2.99. The van der Waals surface area contributed by atoms with Gasteiger partial charge in [0.15, 0.2) is 0 Å². The maximum Gasteiger partial charge on any atom is 0.322 e. The number of anilines is 1. The number of aromatic nitrogens is 2. The van der Waals surface area contributed by atoms with Crippen LogP contribution in [-0.4, -0.2) is 27.4 Å². The molecule has 0 aliphatic carbocycles. The molecule has 1 heterocycles. The molecule has 0 unspecified atom stereocenters. The van der Waals surface area contributed by atoms with Crippen LogP contribution >= 0.6 is 0 Å². The lowest BCUT2D eigenvalue weighted by molar-refractivity contribution is 0.209. The van der Waals surface area contributed by atoms with Crippen LogP contribution in [0.2, 0.25) is 0 Å². The highest BCUT2D eigenvalue weighted by atomic mass is 16.2. The molecule has 0 fully saturated rings. The second kappa shape index (κ2) is 7.95. The Morgan fingerprint density at radius 2 is 1.69 bits per heavy atom. The summed E-state index contributed by atoms with van der Waals surface area (Å²) in [4.78, 5) is 23.7. The van der Waals surface area contributed by atoms with Crippen LogP contribution in [0.1, 0.15) is 30.3 Å². The van der Waals surface area contributed by atoms with E-state index in [1.807, 2.05) is 67.3 Å². The molecule has 5 nitrogen and oxygen atoms in total. The van der Waals surface area contributed by atoms with E-state index in [0.717, 1.165) is 40.1 Å². The van der Waals surface area contributed by atoms with E-state index in [0.29, 0.717) is 13.1 Å². The SMILES string of the molecule is CCCN(Cc1ccccc1)C(=O)Nc1ccc2nc(C)c(C)nc2c1. The van der Waals surface area contributed by atoms with Crippen LogP contribution in [-0.2, 0) is 6.54 Å². The molecule has 134 valence electrons. The first kappa shape index (κ1) is 17.9. The zero-order valence-electron chi connectivity index (χ0n) is 15.5. The van der Waals surface area contributed by atoms with Crippen LogP contribution in [0.15, 0.2) is 48.5 Å². The molecule has 0 aliphatic heterocycles. The van der Waals surface area contributed by atoms with Crippen molar-refractivity contribution in [2.75, 3.05) is 11.9 Å². The molecular formula is C21H24N4O. The summed E-state index contributed by atoms with van der Waals surface area (Å²) in [6, 6.07) is 15.6. The number of hydrogen-bond acceptors (Lipinski definition) is 3. The van der Waals surface area contributed by atoms with Crippen molar-refractivity contribution in [3.63, 3.8) is 0 Å². The standard InChI is InChI=1S/C21H24N4O/c1-4-12-25(14-17-8-6-5-7-9-17)21(26)24-18-10-11-19-20(13-18)23-16(3)15(2)22-19/h5-11,13H,4,12,14H2,1-3H3,(H,24,26). The van der Waals surface area contributed by atoms with Gasteiger partial charge in [0.25, 0.3) is 0 Å². The summed E-state index contributed by atoms with van der Waals surface area (Å²) < 4.78 is 0. The van der Waals surface area contributed by atoms with Crippen molar-refractivity contribution in [1.29, 1.82) is 0 Å². The lowest BCUT2D eigenvalue weighted by atomic mass is 10.2. The van der Waals surface area contributed by atoms with Crippen LogP contribution in [0, 0.1) is 13.8 Å². The number of carbonyl (C=O) groups is 1. The lowest BCUT2D eigenvalue weighted by Gasteiger charge is -2.23. The largest absolute Gasteiger partial charge is 0.322 e. The molecule has 0 saturated carbocycles. The fraction of sp³-hybridized carbons (Fsp3) is 0.286. The predicted molar refractivity (Wildman–Crippen MR) is 105 cm³/mol. The van der Waals surface area contributed by atoms with Gasteiger partial charge in [-0.1, -0.05) is 37.3 Å². The topological polar surface area (TPSA) is 58.1 Å². The molecule has 0 aliphatic rings. The molecule has 5 heteroatoms. The van der Waals surface area contributed by atoms with Crippen molar-refractivity contribution < 1.29 is 4.79 Å². The summed E-state index contributed by atoms with van der Waals surface area (Å²) in [7, 11) is 0. The van der Waals surface area contributed by atoms with Crippen molar-refractivity contribution in [3.05, 3.63) is 65.5 Å². The molecule has 0 atom stereocenters. The van der Waals surface area contributed by atoms with Crippen LogP contribution in [0.5, 0.6) is 0 Å². The van der Waals surface area contributed by atoms with Gasteiger partial charge in [-0.05, 0) is 44.0 Å². The Balaban J connectivity index is 1.78. The minimum Gasteiger partial charge on any atom is -0.320 e. The van der Waals surface area contributed by atoms with Crippen LogP contribution < -0.4 is 5.32 Å². The van der Waals surface area contributed by atoms with E-state index in [1.54, 1.807) is 0 Å². The quantitative estimate of drug-likeness (QED) is 0.727. The predicted octanol–water partition coefficient (Wildman–Crippen LogP) is 4.69. The summed E-state index contributed by atoms with van der Waals surface area (Å²) in [6.45, 7) is 7.25. The number of carbonyl (C=O) groups excluding carboxylic acids is 1. The van der Waals surface area contributed by atoms with Gasteiger partial charge in [0.1, 0.15) is 0 Å². The van der Waals surface area contributed by atoms with Crippen LogP contribution in [0.3, 0.4) is 0 Å². The fourth-order valence-corrected chi connectivity index (χ4v) is 2.84. The van der Waals surface area contributed by atoms with Gasteiger partial charge in [-0.3, -0.25) is 0 Å². The number of fused-ring (bicyclic) bond motifs is 1. The van der Waals surface area contributed by atoms with Gasteiger partial charge in [-0.15, -0.1) is 0 Å². The number of nitrogens with zero attached hydrogens (tertiary/aromatic N) is 3. The Morgan fingerprint density at radius 1 is 1.00 bits per heavy atom. The minimum absolute atomic E-state index is 0.105. The molecule has 2 amide bonds. The van der Waals surface area contributed by atoms with Gasteiger partial charge in [0.05, 0.1) is 22.4 Å². The number of aryl methyl sites for hydroxylation is 2. The first-order valence-electron chi connectivity index (χ1n) is 8.91. The fourth-order valence-electron chi connectivity index (χ4n) is 2.84. The van der Waals surface area contributed by atoms with Gasteiger partial charge in [0, 0.05) is 18.8 Å². The summed E-state index contributed by atoms with van der Waals surface area (Å²) >= 11 is 0. The molecule has 2 aromatic carbocycles. The van der Waals surface area contributed by atoms with E-state index in [1.165, 1.54) is 0 Å². The lowest BCUT2D eigenvalue weighted by Crippen LogP contribution is -2.35. The third-order valence-corrected chi connectivity index (χ3v) is 4.32. The first-order chi connectivity index (χ1) is 12.6. The van der Waals surface area contributed by atoms with Crippen LogP contribution in [0.4, 0.5) is 10.5 Å². The first-order valence-corrected chi connectivity index (χ1v) is 8.91. The van der Waals surface area contributed by atoms with Gasteiger partial charge >= 0.3 is 6.03 Å². The van der Waals surface area contributed by atoms with Crippen LogP contribution in [0.25, 0.3) is 11.0 Å². The van der Waals surface area contributed by atoms with E-state index in [-0.39, 0.29) is 6.03 Å². The third kappa shape index (κ3) is 4.17. The smallest absolute Gasteiger partial charge is 0.320 e. The number of urea groups is 1. The number of rotatable bonds is 5. The molecule has 0 spiro atoms. The highest BCUT2D eigenvalue weighted by molar-refractivity contribution is 5.91. The molecular weight excluding hydrogens is 324 g/mol. The van der Waals surface area contributed by atoms with E-state index in [9.17, 15) is 4.79 Å². The van der Waals surface area contributed by atoms with Crippen molar-refractivity contribution in [2.45, 2.75) is 33.7 Å². The van der Waals surface area contributed by atoms with Gasteiger partial charge in [-0.25, -0.2) is 14.8 Å². The van der Waals surface area contributed by atoms with E-state index < -0.39 is 0 Å². The average Bonchev–Trinajstić information content (AvgIpc) is 2.63. The molecule has 0 radical (unpaired) electrons. The monoisotopic (exact) mass is 348 g/mol. The van der Waals surface area contributed by atoms with Crippen molar-refractivity contribution in [2.24, 2.45) is 0 Å². The highest BCUT2D eigenvalue weighted by Gasteiger charge is 2.14. The van der Waals surface area contributed by atoms with Crippen molar-refractivity contribution in [1.82, 2.24) is 14.9 Å². The Kier molecular flexibility index (Phi) is 5.46. The maximum absolute atomic E-state index is 12.7. The van der Waals surface area contributed by atoms with Gasteiger partial charge in [-0.2, -0.15) is 0 Å². The number of hydrogen-bond donors (Lipinski definition) is 1. The van der Waals surface area contributed by atoms with E-state index >= 15 is 0 Å². The average molecular weight is 348 g/mol. The molecule has 3 aromatic rings. The van der Waals surface area contributed by atoms with E-state index in [4.69, 9.17) is 0 Å². The minimum atomic E-state index is -0.105. The third-order valence-electron chi connectivity index (χ3n) is 4.32. The van der Waals surface area contributed by atoms with Gasteiger partial charge in [0.2, 0.25) is 0 Å². The zero-order valence-corrected chi connectivity index (χ0v) is 15.5. The summed E-state index contributed by atoms with van der Waals surface area (Å²) in [5.74, 6) is 0. The van der Waals surface area contributed by atoms with E-state index in [2.05, 4.69) is 22.2 Å². The summed E-state index contributed by atoms with van der Waals surface area (Å²) in [5.41, 5.74) is 5.29. The summed E-state index contributed by atoms with van der Waals surface area (Å²) in [6.07, 6.45) is 0.905. The number of nitrogens with one attached hydrogen (secondary N) is 1. The number of benzene rings is 2. The van der Waals surface area contributed by atoms with Crippen molar-refractivity contribution in [3.8, 4) is 0 Å². The number of amides is 2. The molecule has 26 heavy (non-hydrogen) atoms. The highest BCUT2D eigenvalue weighted by Crippen LogP contribution is 2.18. The Bertz CT molecular complexity index is 909. The molecule has 0 saturated heterocycles. The Hall–Kier alpha value is -2.95. The second-order valence-corrected chi connectivity index (χ2v) is 6.44. The molecule has 1 N–H and O–H groups in total. The zero-order chi connectivity index (χ0) is 18.5. The Morgan fingerprint density at radius 3 is 2.38 bits per heavy atom. The van der Waals surface area contributed by atoms with Crippen molar-refractivity contribution >= 4 is 22.8 Å².